The van der Waals surface area contributed by atoms with Crippen LogP contribution >= 0.6 is 34.4 Å². The molecule has 0 spiro atoms. The van der Waals surface area contributed by atoms with E-state index >= 15 is 0 Å². The summed E-state index contributed by atoms with van der Waals surface area (Å²) in [6.45, 7) is 0.379. The smallest absolute Gasteiger partial charge is 0.270 e. The molecule has 0 bridgehead atoms. The van der Waals surface area contributed by atoms with Crippen LogP contribution in [0.2, 0.25) is 0 Å². The largest absolute Gasteiger partial charge is 0.416 e. The molecule has 0 aliphatic carbocycles. The number of aromatic nitrogens is 4. The number of thiophene rings is 2. The minimum Gasteiger partial charge on any atom is -0.270 e. The SMILES string of the molecule is O=c1c2sccc2n2c(SCc3cccc(C(F)(F)F)c3)nnc2n1Cc1cccs1. The number of hydrogen-bond donors (Lipinski definition) is 0. The average Bonchev–Trinajstić information content (AvgIpc) is 3.49. The molecule has 0 N–H and O–H groups in total. The number of rotatable bonds is 5. The van der Waals surface area contributed by atoms with Gasteiger partial charge in [0, 0.05) is 10.6 Å². The zero-order valence-corrected chi connectivity index (χ0v) is 18.1. The fraction of sp³-hybridized carbons (Fsp3) is 0.150. The summed E-state index contributed by atoms with van der Waals surface area (Å²) in [5, 5.41) is 12.8. The Labute approximate surface area is 185 Å². The number of fused-ring (bicyclic) bond motifs is 3. The summed E-state index contributed by atoms with van der Waals surface area (Å²) in [7, 11) is 0. The third-order valence-electron chi connectivity index (χ3n) is 4.70. The van der Waals surface area contributed by atoms with Crippen LogP contribution in [0.25, 0.3) is 16.0 Å². The van der Waals surface area contributed by atoms with Gasteiger partial charge in [0.05, 0.1) is 17.6 Å². The first-order valence-corrected chi connectivity index (χ1v) is 11.8. The molecule has 0 aliphatic heterocycles. The Hall–Kier alpha value is -2.63. The Morgan fingerprint density at radius 1 is 1.03 bits per heavy atom. The van der Waals surface area contributed by atoms with E-state index in [4.69, 9.17) is 0 Å². The number of benzene rings is 1. The molecule has 0 saturated carbocycles. The van der Waals surface area contributed by atoms with Gasteiger partial charge in [-0.05, 0) is 34.5 Å². The molecule has 0 atom stereocenters. The summed E-state index contributed by atoms with van der Waals surface area (Å²) in [6.07, 6.45) is -4.39. The fourth-order valence-corrected chi connectivity index (χ4v) is 5.68. The summed E-state index contributed by atoms with van der Waals surface area (Å²) in [5.41, 5.74) is 0.420. The van der Waals surface area contributed by atoms with E-state index in [0.717, 1.165) is 17.0 Å². The van der Waals surface area contributed by atoms with E-state index in [1.54, 1.807) is 26.4 Å². The van der Waals surface area contributed by atoms with E-state index in [1.807, 2.05) is 29.0 Å². The number of halogens is 3. The lowest BCUT2D eigenvalue weighted by atomic mass is 10.1. The standard InChI is InChI=1S/C20H13F3N4OS3/c21-20(22,23)13-4-1-3-12(9-13)11-31-19-25-24-18-26(10-14-5-2-7-29-14)17(28)16-15(27(18)19)6-8-30-16/h1-9H,10-11H2. The lowest BCUT2D eigenvalue weighted by Crippen LogP contribution is -2.22. The molecule has 0 aliphatic rings. The second-order valence-electron chi connectivity index (χ2n) is 6.71. The van der Waals surface area contributed by atoms with Crippen molar-refractivity contribution in [1.29, 1.82) is 0 Å². The van der Waals surface area contributed by atoms with Gasteiger partial charge in [-0.3, -0.25) is 13.8 Å². The van der Waals surface area contributed by atoms with Crippen molar-refractivity contribution in [1.82, 2.24) is 19.2 Å². The van der Waals surface area contributed by atoms with Gasteiger partial charge < -0.3 is 0 Å². The average molecular weight is 479 g/mol. The first-order valence-electron chi connectivity index (χ1n) is 9.08. The van der Waals surface area contributed by atoms with Gasteiger partial charge in [0.25, 0.3) is 5.56 Å². The number of nitrogens with zero attached hydrogens (tertiary/aromatic N) is 4. The van der Waals surface area contributed by atoms with Crippen molar-refractivity contribution in [3.63, 3.8) is 0 Å². The van der Waals surface area contributed by atoms with Crippen LogP contribution in [0.3, 0.4) is 0 Å². The lowest BCUT2D eigenvalue weighted by Gasteiger charge is -2.09. The fourth-order valence-electron chi connectivity index (χ4n) is 3.28. The van der Waals surface area contributed by atoms with Crippen LogP contribution in [0.1, 0.15) is 16.0 Å². The maximum absolute atomic E-state index is 13.0. The highest BCUT2D eigenvalue weighted by molar-refractivity contribution is 7.98. The van der Waals surface area contributed by atoms with Gasteiger partial charge in [-0.1, -0.05) is 36.0 Å². The number of thioether (sulfide) groups is 1. The van der Waals surface area contributed by atoms with Gasteiger partial charge >= 0.3 is 6.18 Å². The Bertz CT molecular complexity index is 1430. The molecule has 4 aromatic heterocycles. The Balaban J connectivity index is 1.55. The molecule has 11 heteroatoms. The Kier molecular flexibility index (Phi) is 5.11. The molecule has 0 saturated heterocycles. The molecule has 4 heterocycles. The van der Waals surface area contributed by atoms with Gasteiger partial charge in [0.2, 0.25) is 5.78 Å². The van der Waals surface area contributed by atoms with Crippen LogP contribution in [-0.4, -0.2) is 19.2 Å². The second-order valence-corrected chi connectivity index (χ2v) is 9.60. The van der Waals surface area contributed by atoms with Crippen LogP contribution in [-0.2, 0) is 18.5 Å². The monoisotopic (exact) mass is 478 g/mol. The molecular weight excluding hydrogens is 465 g/mol. The van der Waals surface area contributed by atoms with Gasteiger partial charge in [-0.2, -0.15) is 13.2 Å². The van der Waals surface area contributed by atoms with Crippen LogP contribution in [0.5, 0.6) is 0 Å². The van der Waals surface area contributed by atoms with Crippen molar-refractivity contribution >= 4 is 50.4 Å². The van der Waals surface area contributed by atoms with E-state index in [2.05, 4.69) is 10.2 Å². The molecule has 1 aromatic carbocycles. The van der Waals surface area contributed by atoms with E-state index in [1.165, 1.54) is 29.2 Å². The van der Waals surface area contributed by atoms with Crippen molar-refractivity contribution in [2.24, 2.45) is 0 Å². The Morgan fingerprint density at radius 2 is 1.90 bits per heavy atom. The normalized spacial score (nSPS) is 12.2. The zero-order valence-electron chi connectivity index (χ0n) is 15.7. The highest BCUT2D eigenvalue weighted by Gasteiger charge is 2.30. The van der Waals surface area contributed by atoms with Crippen molar-refractivity contribution < 1.29 is 13.2 Å². The van der Waals surface area contributed by atoms with E-state index < -0.39 is 11.7 Å². The summed E-state index contributed by atoms with van der Waals surface area (Å²) in [4.78, 5) is 14.0. The molecule has 158 valence electrons. The van der Waals surface area contributed by atoms with Gasteiger partial charge in [-0.15, -0.1) is 32.9 Å². The summed E-state index contributed by atoms with van der Waals surface area (Å²) in [5.74, 6) is 0.705. The van der Waals surface area contributed by atoms with Crippen LogP contribution in [0.4, 0.5) is 13.2 Å². The van der Waals surface area contributed by atoms with Crippen molar-refractivity contribution in [3.05, 3.63) is 79.6 Å². The quantitative estimate of drug-likeness (QED) is 0.312. The molecule has 0 unspecified atom stereocenters. The third-order valence-corrected chi connectivity index (χ3v) is 7.45. The summed E-state index contributed by atoms with van der Waals surface area (Å²) >= 11 is 4.18. The number of hydrogen-bond acceptors (Lipinski definition) is 6. The summed E-state index contributed by atoms with van der Waals surface area (Å²) < 4.78 is 43.0. The molecule has 5 rings (SSSR count). The predicted octanol–water partition coefficient (Wildman–Crippen LogP) is 5.53. The van der Waals surface area contributed by atoms with Crippen LogP contribution < -0.4 is 5.56 Å². The van der Waals surface area contributed by atoms with Gasteiger partial charge in [0.1, 0.15) is 4.70 Å². The van der Waals surface area contributed by atoms with Crippen molar-refractivity contribution in [2.75, 3.05) is 0 Å². The van der Waals surface area contributed by atoms with Crippen molar-refractivity contribution in [2.45, 2.75) is 23.6 Å². The first kappa shape index (κ1) is 20.3. The van der Waals surface area contributed by atoms with E-state index in [-0.39, 0.29) is 5.56 Å². The topological polar surface area (TPSA) is 52.2 Å². The maximum atomic E-state index is 13.0. The molecule has 5 nitrogen and oxygen atoms in total. The second kappa shape index (κ2) is 7.81. The van der Waals surface area contributed by atoms with Gasteiger partial charge in [0.15, 0.2) is 5.16 Å². The lowest BCUT2D eigenvalue weighted by molar-refractivity contribution is -0.137. The molecule has 5 aromatic rings. The minimum absolute atomic E-state index is 0.132. The predicted molar refractivity (Wildman–Crippen MR) is 117 cm³/mol. The summed E-state index contributed by atoms with van der Waals surface area (Å²) in [6, 6.07) is 11.0. The maximum Gasteiger partial charge on any atom is 0.416 e. The van der Waals surface area contributed by atoms with Gasteiger partial charge in [-0.25, -0.2) is 0 Å². The number of alkyl halides is 3. The Morgan fingerprint density at radius 3 is 2.68 bits per heavy atom. The molecule has 31 heavy (non-hydrogen) atoms. The minimum atomic E-state index is -4.39. The molecule has 0 fully saturated rings. The molecule has 0 amide bonds. The van der Waals surface area contributed by atoms with E-state index in [0.29, 0.717) is 39.0 Å². The highest BCUT2D eigenvalue weighted by Crippen LogP contribution is 2.32. The van der Waals surface area contributed by atoms with E-state index in [9.17, 15) is 18.0 Å². The van der Waals surface area contributed by atoms with Crippen molar-refractivity contribution in [3.8, 4) is 0 Å². The highest BCUT2D eigenvalue weighted by atomic mass is 32.2. The molecular formula is C20H13F3N4OS3. The molecule has 0 radical (unpaired) electrons. The first-order chi connectivity index (χ1) is 14.9. The van der Waals surface area contributed by atoms with Crippen LogP contribution in [0.15, 0.2) is 63.2 Å². The third kappa shape index (κ3) is 3.77. The zero-order chi connectivity index (χ0) is 21.6. The van der Waals surface area contributed by atoms with Crippen LogP contribution in [0, 0.1) is 0 Å².